The van der Waals surface area contributed by atoms with E-state index >= 15 is 0 Å². The van der Waals surface area contributed by atoms with E-state index in [0.29, 0.717) is 17.4 Å². The number of phosphoric ester groups is 1. The fourth-order valence-electron chi connectivity index (χ4n) is 6.42. The Morgan fingerprint density at radius 3 is 1.55 bits per heavy atom. The van der Waals surface area contributed by atoms with Crippen molar-refractivity contribution in [1.29, 1.82) is 0 Å². The zero-order valence-corrected chi connectivity index (χ0v) is 37.5. The van der Waals surface area contributed by atoms with Crippen molar-refractivity contribution in [2.75, 3.05) is 40.9 Å². The fourth-order valence-corrected chi connectivity index (χ4v) is 7.14. The zero-order chi connectivity index (χ0) is 40.7. The normalized spacial score (nSPS) is 14.7. The Bertz CT molecular complexity index is 995. The second-order valence-electron chi connectivity index (χ2n) is 16.8. The van der Waals surface area contributed by atoms with Crippen molar-refractivity contribution in [1.82, 2.24) is 5.32 Å². The molecule has 324 valence electrons. The second-order valence-corrected chi connectivity index (χ2v) is 18.2. The molecule has 3 unspecified atom stereocenters. The lowest BCUT2D eigenvalue weighted by Gasteiger charge is -2.29. The van der Waals surface area contributed by atoms with Crippen molar-refractivity contribution >= 4 is 13.7 Å². The molecule has 0 aliphatic rings. The molecule has 3 atom stereocenters. The Balaban J connectivity index is 4.43. The number of allylic oxidation sites excluding steroid dienone is 5. The molecule has 0 aliphatic carbocycles. The molecule has 0 aromatic heterocycles. The lowest BCUT2D eigenvalue weighted by atomic mass is 10.0. The van der Waals surface area contributed by atoms with Crippen LogP contribution in [0.25, 0.3) is 0 Å². The smallest absolute Gasteiger partial charge is 0.268 e. The van der Waals surface area contributed by atoms with Crippen LogP contribution in [0.15, 0.2) is 36.5 Å². The van der Waals surface area contributed by atoms with Gasteiger partial charge in [-0.3, -0.25) is 9.36 Å². The lowest BCUT2D eigenvalue weighted by molar-refractivity contribution is -0.870. The molecule has 0 saturated heterocycles. The van der Waals surface area contributed by atoms with Crippen LogP contribution in [0.5, 0.6) is 0 Å². The lowest BCUT2D eigenvalue weighted by Crippen LogP contribution is -2.45. The van der Waals surface area contributed by atoms with Gasteiger partial charge < -0.3 is 28.8 Å². The number of nitrogens with one attached hydrogen (secondary N) is 1. The molecule has 0 bridgehead atoms. The van der Waals surface area contributed by atoms with E-state index in [1.165, 1.54) is 122 Å². The Morgan fingerprint density at radius 2 is 1.05 bits per heavy atom. The molecule has 1 amide bonds. The molecular weight excluding hydrogens is 707 g/mol. The van der Waals surface area contributed by atoms with Gasteiger partial charge in [0.05, 0.1) is 39.9 Å². The summed E-state index contributed by atoms with van der Waals surface area (Å²) < 4.78 is 23.2. The molecule has 0 aromatic rings. The van der Waals surface area contributed by atoms with E-state index in [9.17, 15) is 19.4 Å². The van der Waals surface area contributed by atoms with Gasteiger partial charge in [-0.2, -0.15) is 0 Å². The first-order chi connectivity index (χ1) is 26.5. The topological polar surface area (TPSA) is 108 Å². The van der Waals surface area contributed by atoms with Crippen LogP contribution in [0, 0.1) is 0 Å². The SMILES string of the molecule is CCCCC/C=C\C/C=C\CCCCCCCCCC(=O)NC(COP(=O)([O-])OCC[N+](C)(C)C)C(O)/C=C/CCCCCCCCCCCCCCCC. The van der Waals surface area contributed by atoms with Gasteiger partial charge in [-0.1, -0.05) is 179 Å². The van der Waals surface area contributed by atoms with Crippen LogP contribution in [0.1, 0.15) is 200 Å². The summed E-state index contributed by atoms with van der Waals surface area (Å²) in [7, 11) is 1.25. The Labute approximate surface area is 340 Å². The molecule has 0 aliphatic heterocycles. The van der Waals surface area contributed by atoms with Crippen LogP contribution >= 0.6 is 7.82 Å². The second kappa shape index (κ2) is 38.2. The molecule has 55 heavy (non-hydrogen) atoms. The largest absolute Gasteiger partial charge is 0.756 e. The summed E-state index contributed by atoms with van der Waals surface area (Å²) in [4.78, 5) is 25.3. The highest BCUT2D eigenvalue weighted by atomic mass is 31.2. The van der Waals surface area contributed by atoms with Gasteiger partial charge in [-0.25, -0.2) is 0 Å². The maximum Gasteiger partial charge on any atom is 0.268 e. The van der Waals surface area contributed by atoms with Gasteiger partial charge in [0, 0.05) is 6.42 Å². The predicted molar refractivity (Wildman–Crippen MR) is 233 cm³/mol. The molecule has 0 radical (unpaired) electrons. The molecule has 0 saturated carbocycles. The van der Waals surface area contributed by atoms with E-state index in [-0.39, 0.29) is 19.1 Å². The van der Waals surface area contributed by atoms with E-state index < -0.39 is 20.0 Å². The summed E-state index contributed by atoms with van der Waals surface area (Å²) in [6.45, 7) is 4.61. The van der Waals surface area contributed by atoms with Crippen LogP contribution in [0.4, 0.5) is 0 Å². The number of nitrogens with zero attached hydrogens (tertiary/aromatic N) is 1. The van der Waals surface area contributed by atoms with Gasteiger partial charge in [-0.05, 0) is 51.4 Å². The van der Waals surface area contributed by atoms with Gasteiger partial charge in [0.25, 0.3) is 7.82 Å². The van der Waals surface area contributed by atoms with Crippen LogP contribution in [0.2, 0.25) is 0 Å². The Kier molecular flexibility index (Phi) is 37.4. The van der Waals surface area contributed by atoms with Crippen LogP contribution < -0.4 is 10.2 Å². The monoisotopic (exact) mass is 797 g/mol. The van der Waals surface area contributed by atoms with E-state index in [4.69, 9.17) is 9.05 Å². The molecule has 0 heterocycles. The average Bonchev–Trinajstić information content (AvgIpc) is 3.13. The number of aliphatic hydroxyl groups excluding tert-OH is 1. The summed E-state index contributed by atoms with van der Waals surface area (Å²) in [6, 6.07) is -0.889. The van der Waals surface area contributed by atoms with Crippen molar-refractivity contribution in [2.24, 2.45) is 0 Å². The molecule has 2 N–H and O–H groups in total. The maximum absolute atomic E-state index is 12.9. The molecule has 0 fully saturated rings. The number of aliphatic hydroxyl groups is 1. The van der Waals surface area contributed by atoms with Crippen molar-refractivity contribution in [3.05, 3.63) is 36.5 Å². The number of quaternary nitrogens is 1. The standard InChI is InChI=1S/C46H89N2O6P/c1-6-8-10-12-14-16-18-20-22-24-26-28-30-32-34-36-38-40-46(50)47-44(43-54-55(51,52)53-42-41-48(3,4)5)45(49)39-37-35-33-31-29-27-25-23-21-19-17-15-13-11-9-7-2/h14,16,20,22,37,39,44-45,49H,6-13,15,17-19,21,23-36,38,40-43H2,1-5H3,(H-,47,50,51,52)/b16-14-,22-20-,39-37+. The number of amides is 1. The average molecular weight is 797 g/mol. The summed E-state index contributed by atoms with van der Waals surface area (Å²) >= 11 is 0. The molecule has 0 rings (SSSR count). The number of hydrogen-bond acceptors (Lipinski definition) is 6. The summed E-state index contributed by atoms with van der Waals surface area (Å²) in [6.07, 6.45) is 46.1. The van der Waals surface area contributed by atoms with Gasteiger partial charge in [0.1, 0.15) is 13.2 Å². The van der Waals surface area contributed by atoms with Gasteiger partial charge in [0.2, 0.25) is 5.91 Å². The fraction of sp³-hybridized carbons (Fsp3) is 0.848. The number of carbonyl (C=O) groups is 1. The third-order valence-electron chi connectivity index (χ3n) is 10.1. The minimum absolute atomic E-state index is 0.00285. The molecule has 8 nitrogen and oxygen atoms in total. The number of likely N-dealkylation sites (N-methyl/N-ethyl adjacent to an activating group) is 1. The van der Waals surface area contributed by atoms with Gasteiger partial charge in [-0.15, -0.1) is 0 Å². The van der Waals surface area contributed by atoms with Crippen molar-refractivity contribution < 1.29 is 32.9 Å². The van der Waals surface area contributed by atoms with Gasteiger partial charge in [0.15, 0.2) is 0 Å². The van der Waals surface area contributed by atoms with Crippen LogP contribution in [-0.2, 0) is 18.4 Å². The summed E-state index contributed by atoms with van der Waals surface area (Å²) in [5, 5.41) is 13.8. The minimum Gasteiger partial charge on any atom is -0.756 e. The van der Waals surface area contributed by atoms with Gasteiger partial charge >= 0.3 is 0 Å². The van der Waals surface area contributed by atoms with E-state index in [0.717, 1.165) is 57.8 Å². The highest BCUT2D eigenvalue weighted by Gasteiger charge is 2.23. The maximum atomic E-state index is 12.9. The van der Waals surface area contributed by atoms with Crippen molar-refractivity contribution in [3.8, 4) is 0 Å². The number of unbranched alkanes of at least 4 members (excludes halogenated alkanes) is 24. The number of rotatable bonds is 41. The van der Waals surface area contributed by atoms with Crippen molar-refractivity contribution in [2.45, 2.75) is 212 Å². The minimum atomic E-state index is -4.59. The Hall–Kier alpha value is -1.28. The van der Waals surface area contributed by atoms with E-state index in [1.54, 1.807) is 6.08 Å². The first kappa shape index (κ1) is 53.7. The Morgan fingerprint density at radius 1 is 0.636 bits per heavy atom. The number of phosphoric acid groups is 1. The number of carbonyl (C=O) groups excluding carboxylic acids is 1. The number of hydrogen-bond donors (Lipinski definition) is 2. The van der Waals surface area contributed by atoms with E-state index in [1.807, 2.05) is 27.2 Å². The third kappa shape index (κ3) is 40.7. The summed E-state index contributed by atoms with van der Waals surface area (Å²) in [5.74, 6) is -0.206. The van der Waals surface area contributed by atoms with Crippen LogP contribution in [0.3, 0.4) is 0 Å². The molecular formula is C46H89N2O6P. The molecule has 0 spiro atoms. The van der Waals surface area contributed by atoms with Crippen LogP contribution in [-0.4, -0.2) is 68.5 Å². The molecule has 0 aromatic carbocycles. The zero-order valence-electron chi connectivity index (χ0n) is 36.6. The van der Waals surface area contributed by atoms with Crippen molar-refractivity contribution in [3.63, 3.8) is 0 Å². The highest BCUT2D eigenvalue weighted by molar-refractivity contribution is 7.45. The summed E-state index contributed by atoms with van der Waals surface area (Å²) in [5.41, 5.74) is 0. The quantitative estimate of drug-likeness (QED) is 0.0276. The first-order valence-electron chi connectivity index (χ1n) is 22.9. The highest BCUT2D eigenvalue weighted by Crippen LogP contribution is 2.38. The predicted octanol–water partition coefficient (Wildman–Crippen LogP) is 12.1. The third-order valence-corrected chi connectivity index (χ3v) is 11.1. The first-order valence-corrected chi connectivity index (χ1v) is 24.3. The van der Waals surface area contributed by atoms with E-state index in [2.05, 4.69) is 43.5 Å². The molecule has 9 heteroatoms.